The number of imidazole rings is 1. The number of aromatic nitrogens is 2. The van der Waals surface area contributed by atoms with Crippen molar-refractivity contribution >= 4 is 0 Å². The van der Waals surface area contributed by atoms with Crippen LogP contribution in [0.25, 0.3) is 0 Å². The van der Waals surface area contributed by atoms with Crippen molar-refractivity contribution in [1.82, 2.24) is 9.55 Å². The average molecular weight is 182 g/mol. The van der Waals surface area contributed by atoms with Crippen molar-refractivity contribution < 1.29 is 0 Å². The lowest BCUT2D eigenvalue weighted by atomic mass is 10.2. The van der Waals surface area contributed by atoms with Crippen LogP contribution in [0.3, 0.4) is 0 Å². The molecule has 0 amide bonds. The molecule has 0 atom stereocenters. The highest BCUT2D eigenvalue weighted by Crippen LogP contribution is 2.02. The number of hydrogen-bond acceptors (Lipinski definition) is 1. The van der Waals surface area contributed by atoms with E-state index >= 15 is 0 Å². The highest BCUT2D eigenvalue weighted by molar-refractivity contribution is 4.98. The fourth-order valence-corrected chi connectivity index (χ4v) is 1.47. The normalized spacial score (nSPS) is 10.6. The predicted molar refractivity (Wildman–Crippen MR) is 54.0 cm³/mol. The molecule has 1 rings (SSSR count). The largest absolute Gasteiger partial charge is 0.325 e. The minimum Gasteiger partial charge on any atom is -0.312 e. The molecule has 1 aromatic heterocycles. The fraction of sp³-hybridized carbons (Fsp3) is 0.700. The third kappa shape index (κ3) is 2.47. The van der Waals surface area contributed by atoms with E-state index in [1.54, 1.807) is 0 Å². The summed E-state index contributed by atoms with van der Waals surface area (Å²) >= 11 is 0. The minimum absolute atomic E-state index is 0.0351. The average Bonchev–Trinajstić information content (AvgIpc) is 2.46. The molecule has 0 aliphatic carbocycles. The Hall–Kier alpha value is -0.990. The molecule has 0 fully saturated rings. The number of nitrogens with zero attached hydrogens (tertiary/aromatic N) is 1. The van der Waals surface area contributed by atoms with Crippen LogP contribution in [-0.2, 0) is 13.0 Å². The maximum atomic E-state index is 11.3. The molecule has 0 saturated heterocycles. The van der Waals surface area contributed by atoms with Crippen molar-refractivity contribution in [3.8, 4) is 0 Å². The van der Waals surface area contributed by atoms with E-state index in [9.17, 15) is 4.79 Å². The third-order valence-electron chi connectivity index (χ3n) is 2.19. The zero-order valence-corrected chi connectivity index (χ0v) is 8.47. The maximum absolute atomic E-state index is 11.3. The van der Waals surface area contributed by atoms with E-state index in [1.165, 1.54) is 6.42 Å². The smallest absolute Gasteiger partial charge is 0.312 e. The Bertz CT molecular complexity index is 298. The zero-order chi connectivity index (χ0) is 9.68. The lowest BCUT2D eigenvalue weighted by Crippen LogP contribution is -2.18. The number of hydrogen-bond donors (Lipinski definition) is 1. The second kappa shape index (κ2) is 4.90. The summed E-state index contributed by atoms with van der Waals surface area (Å²) in [5.41, 5.74) is 1.18. The molecule has 0 saturated carbocycles. The first-order chi connectivity index (χ1) is 6.29. The molecular formula is C10H18N2O. The fourth-order valence-electron chi connectivity index (χ4n) is 1.47. The van der Waals surface area contributed by atoms with Crippen molar-refractivity contribution in [1.29, 1.82) is 0 Å². The van der Waals surface area contributed by atoms with Crippen LogP contribution in [0.4, 0.5) is 0 Å². The molecule has 3 nitrogen and oxygen atoms in total. The van der Waals surface area contributed by atoms with E-state index in [0.717, 1.165) is 31.5 Å². The van der Waals surface area contributed by atoms with Gasteiger partial charge in [-0.2, -0.15) is 0 Å². The number of aromatic amines is 1. The summed E-state index contributed by atoms with van der Waals surface area (Å²) in [6.45, 7) is 5.08. The molecule has 0 radical (unpaired) electrons. The molecule has 0 aliphatic heterocycles. The molecule has 1 aromatic rings. The molecule has 0 unspecified atom stereocenters. The van der Waals surface area contributed by atoms with E-state index in [4.69, 9.17) is 0 Å². The van der Waals surface area contributed by atoms with Crippen LogP contribution >= 0.6 is 0 Å². The first-order valence-corrected chi connectivity index (χ1v) is 5.06. The summed E-state index contributed by atoms with van der Waals surface area (Å²) in [6.07, 6.45) is 6.19. The first kappa shape index (κ1) is 10.1. The summed E-state index contributed by atoms with van der Waals surface area (Å²) in [5, 5.41) is 0. The van der Waals surface area contributed by atoms with Gasteiger partial charge in [-0.05, 0) is 19.3 Å². The molecular weight excluding hydrogens is 164 g/mol. The van der Waals surface area contributed by atoms with Gasteiger partial charge >= 0.3 is 5.69 Å². The Balaban J connectivity index is 2.74. The highest BCUT2D eigenvalue weighted by atomic mass is 16.1. The van der Waals surface area contributed by atoms with Gasteiger partial charge in [-0.1, -0.05) is 20.3 Å². The summed E-state index contributed by atoms with van der Waals surface area (Å²) < 4.78 is 1.84. The van der Waals surface area contributed by atoms with Gasteiger partial charge in [0, 0.05) is 18.4 Å². The van der Waals surface area contributed by atoms with Crippen molar-refractivity contribution in [3.05, 3.63) is 22.4 Å². The van der Waals surface area contributed by atoms with Gasteiger partial charge in [0.2, 0.25) is 0 Å². The first-order valence-electron chi connectivity index (χ1n) is 5.06. The molecule has 1 N–H and O–H groups in total. The van der Waals surface area contributed by atoms with Gasteiger partial charge in [-0.25, -0.2) is 4.79 Å². The summed E-state index contributed by atoms with van der Waals surface area (Å²) in [7, 11) is 0. The standard InChI is InChI=1S/C10H18N2O/c1-3-5-6-9-8-11-10(13)12(9)7-4-2/h8H,3-7H2,1-2H3,(H,11,13). The lowest BCUT2D eigenvalue weighted by Gasteiger charge is -2.03. The number of nitrogens with one attached hydrogen (secondary N) is 1. The van der Waals surface area contributed by atoms with Crippen molar-refractivity contribution in [2.45, 2.75) is 46.1 Å². The van der Waals surface area contributed by atoms with Gasteiger partial charge < -0.3 is 4.98 Å². The van der Waals surface area contributed by atoms with Crippen LogP contribution in [0.1, 0.15) is 38.8 Å². The van der Waals surface area contributed by atoms with Gasteiger partial charge in [0.05, 0.1) is 0 Å². The molecule has 74 valence electrons. The van der Waals surface area contributed by atoms with E-state index < -0.39 is 0 Å². The lowest BCUT2D eigenvalue weighted by molar-refractivity contribution is 0.613. The molecule has 0 aromatic carbocycles. The van der Waals surface area contributed by atoms with Crippen LogP contribution in [-0.4, -0.2) is 9.55 Å². The second-order valence-electron chi connectivity index (χ2n) is 3.34. The van der Waals surface area contributed by atoms with E-state index in [0.29, 0.717) is 0 Å². The SMILES string of the molecule is CCCCc1c[nH]c(=O)n1CCC. The Morgan fingerprint density at radius 2 is 2.15 bits per heavy atom. The topological polar surface area (TPSA) is 37.8 Å². The van der Waals surface area contributed by atoms with Crippen LogP contribution in [0.2, 0.25) is 0 Å². The van der Waals surface area contributed by atoms with E-state index in [1.807, 2.05) is 10.8 Å². The zero-order valence-electron chi connectivity index (χ0n) is 8.47. The van der Waals surface area contributed by atoms with Gasteiger partial charge in [0.1, 0.15) is 0 Å². The van der Waals surface area contributed by atoms with Crippen LogP contribution in [0.15, 0.2) is 11.0 Å². The monoisotopic (exact) mass is 182 g/mol. The summed E-state index contributed by atoms with van der Waals surface area (Å²) in [6, 6.07) is 0. The predicted octanol–water partition coefficient (Wildman–Crippen LogP) is 1.93. The third-order valence-corrected chi connectivity index (χ3v) is 2.19. The minimum atomic E-state index is 0.0351. The summed E-state index contributed by atoms with van der Waals surface area (Å²) in [4.78, 5) is 14.0. The Labute approximate surface area is 78.8 Å². The van der Waals surface area contributed by atoms with E-state index in [-0.39, 0.29) is 5.69 Å². The molecule has 0 aliphatic rings. The Kier molecular flexibility index (Phi) is 3.80. The molecule has 1 heterocycles. The molecule has 0 spiro atoms. The number of H-pyrrole nitrogens is 1. The molecule has 3 heteroatoms. The van der Waals surface area contributed by atoms with Gasteiger partial charge in [-0.15, -0.1) is 0 Å². The number of unbranched alkanes of at least 4 members (excludes halogenated alkanes) is 1. The molecule has 0 bridgehead atoms. The highest BCUT2D eigenvalue weighted by Gasteiger charge is 2.03. The molecule has 13 heavy (non-hydrogen) atoms. The number of aryl methyl sites for hydroxylation is 1. The van der Waals surface area contributed by atoms with Crippen LogP contribution in [0.5, 0.6) is 0 Å². The van der Waals surface area contributed by atoms with Gasteiger partial charge in [0.15, 0.2) is 0 Å². The van der Waals surface area contributed by atoms with Gasteiger partial charge in [-0.3, -0.25) is 4.57 Å². The van der Waals surface area contributed by atoms with Crippen LogP contribution in [0, 0.1) is 0 Å². The maximum Gasteiger partial charge on any atom is 0.325 e. The Morgan fingerprint density at radius 1 is 1.38 bits per heavy atom. The van der Waals surface area contributed by atoms with Crippen LogP contribution < -0.4 is 5.69 Å². The van der Waals surface area contributed by atoms with Gasteiger partial charge in [0.25, 0.3) is 0 Å². The Morgan fingerprint density at radius 3 is 2.77 bits per heavy atom. The second-order valence-corrected chi connectivity index (χ2v) is 3.34. The van der Waals surface area contributed by atoms with Crippen molar-refractivity contribution in [3.63, 3.8) is 0 Å². The van der Waals surface area contributed by atoms with Crippen molar-refractivity contribution in [2.24, 2.45) is 0 Å². The number of rotatable bonds is 5. The quantitative estimate of drug-likeness (QED) is 0.742. The van der Waals surface area contributed by atoms with Crippen molar-refractivity contribution in [2.75, 3.05) is 0 Å². The summed E-state index contributed by atoms with van der Waals surface area (Å²) in [5.74, 6) is 0. The van der Waals surface area contributed by atoms with E-state index in [2.05, 4.69) is 18.8 Å².